The zero-order chi connectivity index (χ0) is 12.3. The van der Waals surface area contributed by atoms with Crippen molar-refractivity contribution in [3.63, 3.8) is 0 Å². The maximum absolute atomic E-state index is 12.2. The van der Waals surface area contributed by atoms with Crippen LogP contribution in [0, 0.1) is 0 Å². The van der Waals surface area contributed by atoms with Crippen molar-refractivity contribution in [2.75, 3.05) is 0 Å². The molecule has 0 N–H and O–H groups in total. The highest BCUT2D eigenvalue weighted by atomic mass is 32.2. The Hall–Kier alpha value is -1.44. The second kappa shape index (κ2) is 4.82. The van der Waals surface area contributed by atoms with E-state index >= 15 is 0 Å². The van der Waals surface area contributed by atoms with Gasteiger partial charge in [0.1, 0.15) is 0 Å². The molecule has 0 aliphatic heterocycles. The van der Waals surface area contributed by atoms with Crippen LogP contribution in [0.4, 0.5) is 0 Å². The van der Waals surface area contributed by atoms with E-state index in [2.05, 4.69) is 8.86 Å². The summed E-state index contributed by atoms with van der Waals surface area (Å²) in [6.07, 6.45) is 0. The first-order valence-electron chi connectivity index (χ1n) is 5.05. The van der Waals surface area contributed by atoms with Gasteiger partial charge in [0, 0.05) is 0 Å². The Morgan fingerprint density at radius 1 is 0.824 bits per heavy atom. The fourth-order valence-electron chi connectivity index (χ4n) is 1.48. The molecule has 0 heterocycles. The molecule has 0 radical (unpaired) electrons. The summed E-state index contributed by atoms with van der Waals surface area (Å²) < 4.78 is 24.4. The summed E-state index contributed by atoms with van der Waals surface area (Å²) >= 11 is 0. The van der Waals surface area contributed by atoms with E-state index in [1.165, 1.54) is 0 Å². The molecule has 0 fully saturated rings. The highest BCUT2D eigenvalue weighted by Gasteiger charge is 2.16. The van der Waals surface area contributed by atoms with Crippen molar-refractivity contribution < 1.29 is 8.42 Å². The van der Waals surface area contributed by atoms with Crippen LogP contribution in [0.25, 0.3) is 0 Å². The first-order chi connectivity index (χ1) is 8.14. The monoisotopic (exact) mass is 262 g/mol. The van der Waals surface area contributed by atoms with Crippen molar-refractivity contribution >= 4 is 24.5 Å². The maximum Gasteiger partial charge on any atom is 0.206 e. The Morgan fingerprint density at radius 3 is 1.88 bits per heavy atom. The SMILES string of the molecule is O=S(=O)(c1ccccc1)c1ccc(C=P)cc1. The molecule has 0 aromatic heterocycles. The molecule has 0 aliphatic rings. The van der Waals surface area contributed by atoms with Gasteiger partial charge in [0.15, 0.2) is 0 Å². The molecule has 2 aromatic carbocycles. The summed E-state index contributed by atoms with van der Waals surface area (Å²) in [7, 11) is -0.143. The standard InChI is InChI=1S/C13H11O2PS/c14-17(15,12-4-2-1-3-5-12)13-8-6-11(10-16)7-9-13/h1-10,16H. The van der Waals surface area contributed by atoms with Crippen molar-refractivity contribution in [2.45, 2.75) is 9.79 Å². The van der Waals surface area contributed by atoms with Gasteiger partial charge in [0.25, 0.3) is 0 Å². The molecule has 0 saturated heterocycles. The second-order valence-electron chi connectivity index (χ2n) is 3.53. The van der Waals surface area contributed by atoms with Crippen molar-refractivity contribution in [3.8, 4) is 0 Å². The van der Waals surface area contributed by atoms with Crippen molar-refractivity contribution in [3.05, 3.63) is 60.2 Å². The van der Waals surface area contributed by atoms with Gasteiger partial charge in [-0.1, -0.05) is 30.3 Å². The molecule has 2 rings (SSSR count). The minimum absolute atomic E-state index is 0.306. The smallest absolute Gasteiger partial charge is 0.206 e. The largest absolute Gasteiger partial charge is 0.219 e. The number of hydrogen-bond acceptors (Lipinski definition) is 2. The molecule has 0 aliphatic carbocycles. The van der Waals surface area contributed by atoms with Gasteiger partial charge in [-0.2, -0.15) is 0 Å². The fraction of sp³-hybridized carbons (Fsp3) is 0. The van der Waals surface area contributed by atoms with Crippen LogP contribution < -0.4 is 0 Å². The number of benzene rings is 2. The highest BCUT2D eigenvalue weighted by Crippen LogP contribution is 2.20. The molecule has 0 unspecified atom stereocenters. The van der Waals surface area contributed by atoms with Gasteiger partial charge in [0.2, 0.25) is 9.84 Å². The van der Waals surface area contributed by atoms with E-state index in [9.17, 15) is 8.42 Å². The lowest BCUT2D eigenvalue weighted by atomic mass is 10.2. The Bertz CT molecular complexity index is 616. The molecular formula is C13H11O2PS. The number of hydrogen-bond donors (Lipinski definition) is 0. The van der Waals surface area contributed by atoms with Crippen LogP contribution in [0.15, 0.2) is 64.4 Å². The van der Waals surface area contributed by atoms with Crippen LogP contribution >= 0.6 is 8.86 Å². The van der Waals surface area contributed by atoms with E-state index in [0.29, 0.717) is 9.79 Å². The Labute approximate surface area is 103 Å². The highest BCUT2D eigenvalue weighted by molar-refractivity contribution is 7.91. The maximum atomic E-state index is 12.2. The van der Waals surface area contributed by atoms with Crippen LogP contribution in [0.2, 0.25) is 0 Å². The van der Waals surface area contributed by atoms with Gasteiger partial charge < -0.3 is 0 Å². The van der Waals surface area contributed by atoms with Crippen LogP contribution in [-0.4, -0.2) is 14.2 Å². The van der Waals surface area contributed by atoms with Crippen molar-refractivity contribution in [2.24, 2.45) is 0 Å². The number of rotatable bonds is 3. The van der Waals surface area contributed by atoms with E-state index in [1.54, 1.807) is 60.4 Å². The average molecular weight is 262 g/mol. The summed E-state index contributed by atoms with van der Waals surface area (Å²) in [4.78, 5) is 0.621. The molecule has 17 heavy (non-hydrogen) atoms. The third-order valence-corrected chi connectivity index (χ3v) is 4.53. The topological polar surface area (TPSA) is 34.1 Å². The van der Waals surface area contributed by atoms with E-state index in [0.717, 1.165) is 5.56 Å². The van der Waals surface area contributed by atoms with Gasteiger partial charge in [-0.25, -0.2) is 8.42 Å². The van der Waals surface area contributed by atoms with Gasteiger partial charge in [0.05, 0.1) is 9.79 Å². The summed E-state index contributed by atoms with van der Waals surface area (Å²) in [5, 5.41) is 0. The molecule has 86 valence electrons. The molecular weight excluding hydrogens is 251 g/mol. The van der Waals surface area contributed by atoms with Gasteiger partial charge in [-0.3, -0.25) is 0 Å². The fourth-order valence-corrected chi connectivity index (χ4v) is 2.95. The van der Waals surface area contributed by atoms with Crippen LogP contribution in [0.1, 0.15) is 5.56 Å². The van der Waals surface area contributed by atoms with E-state index in [-0.39, 0.29) is 0 Å². The zero-order valence-electron chi connectivity index (χ0n) is 9.00. The minimum atomic E-state index is -3.39. The summed E-state index contributed by atoms with van der Waals surface area (Å²) in [6.45, 7) is 0. The lowest BCUT2D eigenvalue weighted by molar-refractivity contribution is 0.596. The lowest BCUT2D eigenvalue weighted by Crippen LogP contribution is -2.01. The molecule has 4 heteroatoms. The Morgan fingerprint density at radius 2 is 1.35 bits per heavy atom. The molecule has 2 aromatic rings. The summed E-state index contributed by atoms with van der Waals surface area (Å²) in [5.41, 5.74) is 0.925. The van der Waals surface area contributed by atoms with Crippen LogP contribution in [0.3, 0.4) is 0 Å². The predicted octanol–water partition coefficient (Wildman–Crippen LogP) is 2.81. The number of sulfone groups is 1. The van der Waals surface area contributed by atoms with Crippen molar-refractivity contribution in [1.29, 1.82) is 0 Å². The predicted molar refractivity (Wildman–Crippen MR) is 71.8 cm³/mol. The lowest BCUT2D eigenvalue weighted by Gasteiger charge is -2.04. The molecule has 2 nitrogen and oxygen atoms in total. The van der Waals surface area contributed by atoms with Crippen LogP contribution in [-0.2, 0) is 9.84 Å². The van der Waals surface area contributed by atoms with E-state index in [4.69, 9.17) is 0 Å². The average Bonchev–Trinajstić information content (AvgIpc) is 2.40. The molecule has 0 amide bonds. The van der Waals surface area contributed by atoms with E-state index < -0.39 is 9.84 Å². The quantitative estimate of drug-likeness (QED) is 0.797. The zero-order valence-corrected chi connectivity index (χ0v) is 10.8. The normalized spacial score (nSPS) is 11.1. The third-order valence-electron chi connectivity index (χ3n) is 2.41. The first-order valence-corrected chi connectivity index (χ1v) is 7.11. The van der Waals surface area contributed by atoms with Crippen LogP contribution in [0.5, 0.6) is 0 Å². The summed E-state index contributed by atoms with van der Waals surface area (Å²) in [6, 6.07) is 15.1. The first kappa shape index (κ1) is 12.0. The third kappa shape index (κ3) is 2.46. The van der Waals surface area contributed by atoms with Gasteiger partial charge in [-0.05, 0) is 35.6 Å². The molecule has 0 spiro atoms. The molecule has 0 saturated carbocycles. The van der Waals surface area contributed by atoms with Gasteiger partial charge in [-0.15, -0.1) is 8.86 Å². The molecule has 0 atom stereocenters. The Kier molecular flexibility index (Phi) is 3.41. The summed E-state index contributed by atoms with van der Waals surface area (Å²) in [5.74, 6) is 1.74. The Balaban J connectivity index is 2.49. The molecule has 0 bridgehead atoms. The minimum Gasteiger partial charge on any atom is -0.219 e. The van der Waals surface area contributed by atoms with E-state index in [1.807, 2.05) is 0 Å². The second-order valence-corrected chi connectivity index (χ2v) is 5.77. The van der Waals surface area contributed by atoms with Crippen molar-refractivity contribution in [1.82, 2.24) is 0 Å². The van der Waals surface area contributed by atoms with Gasteiger partial charge >= 0.3 is 0 Å².